The van der Waals surface area contributed by atoms with Crippen LogP contribution in [-0.2, 0) is 11.3 Å². The maximum atomic E-state index is 13.3. The Balaban J connectivity index is 1.60. The minimum atomic E-state index is -0.414. The SMILES string of the molecule is COCCN=C1Nc2ccccc2CN[C@@]12CCN(C(=O)c1ccc(OC)cc1C)C2. The van der Waals surface area contributed by atoms with Gasteiger partial charge in [-0.15, -0.1) is 0 Å². The summed E-state index contributed by atoms with van der Waals surface area (Å²) in [4.78, 5) is 20.1. The smallest absolute Gasteiger partial charge is 0.254 e. The number of hydrogen-bond acceptors (Lipinski definition) is 5. The second kappa shape index (κ2) is 9.08. The molecule has 1 amide bonds. The number of amidine groups is 1. The van der Waals surface area contributed by atoms with Crippen molar-refractivity contribution >= 4 is 17.4 Å². The van der Waals surface area contributed by atoms with Gasteiger partial charge >= 0.3 is 0 Å². The molecule has 0 aromatic heterocycles. The molecule has 1 fully saturated rings. The summed E-state index contributed by atoms with van der Waals surface area (Å²) in [5, 5.41) is 7.27. The summed E-state index contributed by atoms with van der Waals surface area (Å²) in [7, 11) is 3.31. The second-order valence-electron chi connectivity index (χ2n) is 8.10. The van der Waals surface area contributed by atoms with E-state index in [0.29, 0.717) is 31.8 Å². The highest BCUT2D eigenvalue weighted by Crippen LogP contribution is 2.31. The lowest BCUT2D eigenvalue weighted by molar-refractivity contribution is 0.0785. The number of nitrogens with one attached hydrogen (secondary N) is 2. The molecule has 1 atom stereocenters. The molecule has 2 aromatic carbocycles. The number of anilines is 1. The first-order valence-corrected chi connectivity index (χ1v) is 10.6. The minimum Gasteiger partial charge on any atom is -0.497 e. The summed E-state index contributed by atoms with van der Waals surface area (Å²) in [6, 6.07) is 13.8. The standard InChI is InChI=1S/C24H30N4O3/c1-17-14-19(31-3)8-9-20(17)22(29)28-12-10-24(16-28)23(25-11-13-30-2)27-21-7-5-4-6-18(21)15-26-24/h4-9,14,26H,10-13,15-16H2,1-3H3,(H,25,27)/t24-/m1/s1. The zero-order valence-corrected chi connectivity index (χ0v) is 18.4. The number of aryl methyl sites for hydroxylation is 1. The van der Waals surface area contributed by atoms with Gasteiger partial charge in [-0.2, -0.15) is 0 Å². The lowest BCUT2D eigenvalue weighted by atomic mass is 9.96. The molecule has 164 valence electrons. The number of carbonyl (C=O) groups is 1. The van der Waals surface area contributed by atoms with E-state index < -0.39 is 5.54 Å². The maximum absolute atomic E-state index is 13.3. The lowest BCUT2D eigenvalue weighted by Gasteiger charge is -2.30. The van der Waals surface area contributed by atoms with Crippen LogP contribution in [0.15, 0.2) is 47.5 Å². The molecule has 31 heavy (non-hydrogen) atoms. The Morgan fingerprint density at radius 1 is 1.23 bits per heavy atom. The Kier molecular flexibility index (Phi) is 6.25. The van der Waals surface area contributed by atoms with E-state index in [4.69, 9.17) is 14.5 Å². The van der Waals surface area contributed by atoms with Crippen LogP contribution in [0.4, 0.5) is 5.69 Å². The van der Waals surface area contributed by atoms with Gasteiger partial charge in [0.15, 0.2) is 0 Å². The fourth-order valence-electron chi connectivity index (χ4n) is 4.33. The number of carbonyl (C=O) groups excluding carboxylic acids is 1. The van der Waals surface area contributed by atoms with Crippen LogP contribution in [0.5, 0.6) is 5.75 Å². The fraction of sp³-hybridized carbons (Fsp3) is 0.417. The third-order valence-corrected chi connectivity index (χ3v) is 6.13. The van der Waals surface area contributed by atoms with Crippen LogP contribution in [0, 0.1) is 6.92 Å². The van der Waals surface area contributed by atoms with Crippen molar-refractivity contribution in [2.45, 2.75) is 25.4 Å². The lowest BCUT2D eigenvalue weighted by Crippen LogP contribution is -2.55. The van der Waals surface area contributed by atoms with Crippen LogP contribution >= 0.6 is 0 Å². The Morgan fingerprint density at radius 2 is 2.06 bits per heavy atom. The topological polar surface area (TPSA) is 75.2 Å². The average Bonchev–Trinajstić information content (AvgIpc) is 3.16. The Hall–Kier alpha value is -2.90. The van der Waals surface area contributed by atoms with Gasteiger partial charge in [0.25, 0.3) is 5.91 Å². The zero-order valence-electron chi connectivity index (χ0n) is 18.4. The van der Waals surface area contributed by atoms with Crippen molar-refractivity contribution in [3.8, 4) is 5.75 Å². The van der Waals surface area contributed by atoms with Crippen LogP contribution in [0.2, 0.25) is 0 Å². The highest BCUT2D eigenvalue weighted by Gasteiger charge is 2.45. The van der Waals surface area contributed by atoms with Crippen molar-refractivity contribution in [2.75, 3.05) is 45.8 Å². The van der Waals surface area contributed by atoms with E-state index in [1.54, 1.807) is 14.2 Å². The number of fused-ring (bicyclic) bond motifs is 1. The van der Waals surface area contributed by atoms with Gasteiger partial charge in [0, 0.05) is 38.0 Å². The number of aliphatic imine (C=N–C) groups is 1. The van der Waals surface area contributed by atoms with Crippen molar-refractivity contribution in [3.63, 3.8) is 0 Å². The fourth-order valence-corrected chi connectivity index (χ4v) is 4.33. The average molecular weight is 423 g/mol. The number of methoxy groups -OCH3 is 2. The third kappa shape index (κ3) is 4.29. The number of likely N-dealkylation sites (tertiary alicyclic amines) is 1. The quantitative estimate of drug-likeness (QED) is 0.725. The van der Waals surface area contributed by atoms with Crippen molar-refractivity contribution < 1.29 is 14.3 Å². The third-order valence-electron chi connectivity index (χ3n) is 6.13. The zero-order chi connectivity index (χ0) is 21.8. The molecule has 2 aliphatic heterocycles. The molecule has 0 bridgehead atoms. The highest BCUT2D eigenvalue weighted by molar-refractivity contribution is 6.05. The van der Waals surface area contributed by atoms with Crippen LogP contribution < -0.4 is 15.4 Å². The van der Waals surface area contributed by atoms with Gasteiger partial charge in [-0.05, 0) is 48.7 Å². The molecular weight excluding hydrogens is 392 g/mol. The van der Waals surface area contributed by atoms with E-state index in [0.717, 1.165) is 35.8 Å². The first kappa shape index (κ1) is 21.3. The maximum Gasteiger partial charge on any atom is 0.254 e. The summed E-state index contributed by atoms with van der Waals surface area (Å²) in [6.45, 7) is 5.01. The molecule has 0 aliphatic carbocycles. The van der Waals surface area contributed by atoms with Crippen molar-refractivity contribution in [1.82, 2.24) is 10.2 Å². The molecule has 1 spiro atoms. The Bertz CT molecular complexity index is 991. The predicted octanol–water partition coefficient (Wildman–Crippen LogP) is 2.85. The molecule has 2 N–H and O–H groups in total. The number of para-hydroxylation sites is 1. The highest BCUT2D eigenvalue weighted by atomic mass is 16.5. The molecule has 2 heterocycles. The normalized spacial score (nSPS) is 21.6. The molecule has 1 saturated heterocycles. The Labute approximate surface area is 183 Å². The Morgan fingerprint density at radius 3 is 2.84 bits per heavy atom. The molecule has 7 heteroatoms. The van der Waals surface area contributed by atoms with Crippen LogP contribution in [-0.4, -0.2) is 62.6 Å². The van der Waals surface area contributed by atoms with Crippen molar-refractivity contribution in [3.05, 3.63) is 59.2 Å². The molecular formula is C24H30N4O3. The van der Waals surface area contributed by atoms with Crippen molar-refractivity contribution in [2.24, 2.45) is 4.99 Å². The largest absolute Gasteiger partial charge is 0.497 e. The first-order chi connectivity index (χ1) is 15.1. The number of nitrogens with zero attached hydrogens (tertiary/aromatic N) is 2. The molecule has 2 aromatic rings. The molecule has 0 radical (unpaired) electrons. The minimum absolute atomic E-state index is 0.0387. The monoisotopic (exact) mass is 422 g/mol. The van der Waals surface area contributed by atoms with Crippen LogP contribution in [0.3, 0.4) is 0 Å². The molecule has 0 unspecified atom stereocenters. The summed E-state index contributed by atoms with van der Waals surface area (Å²) in [6.07, 6.45) is 0.792. The van der Waals surface area contributed by atoms with E-state index in [9.17, 15) is 4.79 Å². The summed E-state index contributed by atoms with van der Waals surface area (Å²) in [5.74, 6) is 1.67. The van der Waals surface area contributed by atoms with E-state index in [-0.39, 0.29) is 5.91 Å². The van der Waals surface area contributed by atoms with E-state index in [1.165, 1.54) is 5.56 Å². The van der Waals surface area contributed by atoms with E-state index in [2.05, 4.69) is 22.8 Å². The van der Waals surface area contributed by atoms with Gasteiger partial charge in [-0.1, -0.05) is 18.2 Å². The predicted molar refractivity (Wildman–Crippen MR) is 122 cm³/mol. The van der Waals surface area contributed by atoms with Gasteiger partial charge in [0.2, 0.25) is 0 Å². The first-order valence-electron chi connectivity index (χ1n) is 10.6. The molecule has 2 aliphatic rings. The number of rotatable bonds is 5. The van der Waals surface area contributed by atoms with Gasteiger partial charge in [0.1, 0.15) is 11.6 Å². The van der Waals surface area contributed by atoms with Gasteiger partial charge < -0.3 is 19.7 Å². The summed E-state index contributed by atoms with van der Waals surface area (Å²) in [5.41, 5.74) is 3.45. The van der Waals surface area contributed by atoms with E-state index in [1.807, 2.05) is 42.2 Å². The van der Waals surface area contributed by atoms with E-state index >= 15 is 0 Å². The molecule has 7 nitrogen and oxygen atoms in total. The molecule has 0 saturated carbocycles. The summed E-state index contributed by atoms with van der Waals surface area (Å²) >= 11 is 0. The second-order valence-corrected chi connectivity index (χ2v) is 8.10. The van der Waals surface area contributed by atoms with Crippen LogP contribution in [0.1, 0.15) is 27.9 Å². The summed E-state index contributed by atoms with van der Waals surface area (Å²) < 4.78 is 10.5. The number of ether oxygens (including phenoxy) is 2. The van der Waals surface area contributed by atoms with Gasteiger partial charge in [-0.25, -0.2) is 0 Å². The molecule has 4 rings (SSSR count). The number of amides is 1. The van der Waals surface area contributed by atoms with Gasteiger partial charge in [0.05, 0.1) is 25.8 Å². The number of benzene rings is 2. The van der Waals surface area contributed by atoms with Gasteiger partial charge in [-0.3, -0.25) is 15.1 Å². The van der Waals surface area contributed by atoms with Crippen LogP contribution in [0.25, 0.3) is 0 Å². The number of hydrogen-bond donors (Lipinski definition) is 2. The van der Waals surface area contributed by atoms with Crippen molar-refractivity contribution in [1.29, 1.82) is 0 Å².